The largest absolute Gasteiger partial charge is 1.00 e. The van der Waals surface area contributed by atoms with Crippen LogP contribution in [0.25, 0.3) is 0 Å². The van der Waals surface area contributed by atoms with Gasteiger partial charge in [0.05, 0.1) is 5.69 Å². The number of rotatable bonds is 1. The number of nitrogens with one attached hydrogen (secondary N) is 1. The van der Waals surface area contributed by atoms with E-state index < -0.39 is 0 Å². The summed E-state index contributed by atoms with van der Waals surface area (Å²) in [6.45, 7) is 0. The van der Waals surface area contributed by atoms with Gasteiger partial charge in [-0.2, -0.15) is 0 Å². The van der Waals surface area contributed by atoms with Crippen LogP contribution in [0.1, 0.15) is 6.42 Å². The van der Waals surface area contributed by atoms with Gasteiger partial charge in [0, 0.05) is 0 Å². The molecular weight excluding hydrogens is 235 g/mol. The number of hydrogen-bond acceptors (Lipinski definition) is 3. The number of hydrogen-bond donors (Lipinski definition) is 1. The number of thiocarbonyl (C=S) groups is 1. The molecule has 1 aromatic rings. The minimum atomic E-state index is -0.350. The maximum Gasteiger partial charge on any atom is 1.00 e. The summed E-state index contributed by atoms with van der Waals surface area (Å²) in [6, 6.07) is 8.99. The van der Waals surface area contributed by atoms with E-state index in [1.165, 1.54) is 4.90 Å². The summed E-state index contributed by atoms with van der Waals surface area (Å²) >= 11 is 4.94. The second-order valence-corrected chi connectivity index (χ2v) is 3.48. The summed E-state index contributed by atoms with van der Waals surface area (Å²) in [7, 11) is 0. The van der Waals surface area contributed by atoms with Gasteiger partial charge in [0.2, 0.25) is 11.8 Å². The summed E-state index contributed by atoms with van der Waals surface area (Å²) in [5.41, 5.74) is 0.674. The van der Waals surface area contributed by atoms with Gasteiger partial charge in [0.15, 0.2) is 5.11 Å². The Morgan fingerprint density at radius 3 is 2.38 bits per heavy atom. The molecule has 2 amide bonds. The molecule has 1 N–H and O–H groups in total. The van der Waals surface area contributed by atoms with Gasteiger partial charge in [-0.3, -0.25) is 14.5 Å². The quantitative estimate of drug-likeness (QED) is 0.347. The van der Waals surface area contributed by atoms with Crippen LogP contribution in [0.5, 0.6) is 0 Å². The number of carbonyl (C=O) groups excluding carboxylic acids is 2. The molecule has 0 saturated carbocycles. The maximum absolute atomic E-state index is 11.6. The first kappa shape index (κ1) is 13.3. The maximum atomic E-state index is 11.6. The van der Waals surface area contributed by atoms with Crippen molar-refractivity contribution in [2.24, 2.45) is 0 Å². The normalized spacial score (nSPS) is 15.5. The van der Waals surface area contributed by atoms with E-state index in [2.05, 4.69) is 5.32 Å². The fraction of sp³-hybridized carbons (Fsp3) is 0.100. The SMILES string of the molecule is O=C1CC(=O)N(c2ccccc2)C(=S)N1.[Na+]. The Morgan fingerprint density at radius 2 is 1.81 bits per heavy atom. The smallest absolute Gasteiger partial charge is 0.302 e. The number of para-hydroxylation sites is 1. The van der Waals surface area contributed by atoms with Crippen molar-refractivity contribution in [1.82, 2.24) is 5.32 Å². The summed E-state index contributed by atoms with van der Waals surface area (Å²) in [5, 5.41) is 2.60. The Morgan fingerprint density at radius 1 is 1.19 bits per heavy atom. The monoisotopic (exact) mass is 243 g/mol. The van der Waals surface area contributed by atoms with E-state index in [9.17, 15) is 9.59 Å². The van der Waals surface area contributed by atoms with Crippen LogP contribution in [0.3, 0.4) is 0 Å². The predicted octanol–water partition coefficient (Wildman–Crippen LogP) is -2.17. The van der Waals surface area contributed by atoms with E-state index in [-0.39, 0.29) is 52.9 Å². The molecule has 0 radical (unpaired) electrons. The van der Waals surface area contributed by atoms with Gasteiger partial charge in [-0.05, 0) is 24.4 Å². The van der Waals surface area contributed by atoms with Crippen LogP contribution in [0, 0.1) is 0 Å². The molecule has 1 heterocycles. The van der Waals surface area contributed by atoms with Gasteiger partial charge in [-0.25, -0.2) is 0 Å². The average Bonchev–Trinajstić information content (AvgIpc) is 2.17. The van der Waals surface area contributed by atoms with Crippen LogP contribution in [0.2, 0.25) is 0 Å². The molecular formula is C10H8N2NaO2S+. The van der Waals surface area contributed by atoms with Crippen molar-refractivity contribution in [3.63, 3.8) is 0 Å². The second kappa shape index (κ2) is 5.54. The van der Waals surface area contributed by atoms with E-state index in [0.29, 0.717) is 5.69 Å². The Hall–Kier alpha value is -0.750. The van der Waals surface area contributed by atoms with Gasteiger partial charge in [0.25, 0.3) is 0 Å². The minimum absolute atomic E-state index is 0. The number of nitrogens with zero attached hydrogens (tertiary/aromatic N) is 1. The fourth-order valence-corrected chi connectivity index (χ4v) is 1.71. The molecule has 2 rings (SSSR count). The predicted molar refractivity (Wildman–Crippen MR) is 59.3 cm³/mol. The third-order valence-corrected chi connectivity index (χ3v) is 2.31. The van der Waals surface area contributed by atoms with Crippen LogP contribution < -0.4 is 39.8 Å². The molecule has 4 nitrogen and oxygen atoms in total. The first-order valence-corrected chi connectivity index (χ1v) is 4.81. The summed E-state index contributed by atoms with van der Waals surface area (Å²) < 4.78 is 0. The van der Waals surface area contributed by atoms with Gasteiger partial charge >= 0.3 is 29.6 Å². The zero-order chi connectivity index (χ0) is 10.8. The van der Waals surface area contributed by atoms with E-state index in [0.717, 1.165) is 0 Å². The summed E-state index contributed by atoms with van der Waals surface area (Å²) in [6.07, 6.45) is -0.158. The molecule has 1 saturated heterocycles. The van der Waals surface area contributed by atoms with Crippen LogP contribution in [0.15, 0.2) is 30.3 Å². The Bertz CT molecular complexity index is 416. The van der Waals surface area contributed by atoms with Crippen molar-refractivity contribution < 1.29 is 39.1 Å². The molecule has 76 valence electrons. The average molecular weight is 243 g/mol. The number of benzene rings is 1. The third-order valence-electron chi connectivity index (χ3n) is 2.03. The van der Waals surface area contributed by atoms with Crippen molar-refractivity contribution in [1.29, 1.82) is 0 Å². The molecule has 1 fully saturated rings. The van der Waals surface area contributed by atoms with Crippen LogP contribution >= 0.6 is 12.2 Å². The van der Waals surface area contributed by atoms with Gasteiger partial charge in [-0.1, -0.05) is 18.2 Å². The molecule has 0 atom stereocenters. The number of carbonyl (C=O) groups is 2. The zero-order valence-electron chi connectivity index (χ0n) is 8.77. The van der Waals surface area contributed by atoms with E-state index in [1.54, 1.807) is 12.1 Å². The fourth-order valence-electron chi connectivity index (χ4n) is 1.39. The van der Waals surface area contributed by atoms with Crippen molar-refractivity contribution >= 4 is 34.8 Å². The molecule has 1 aromatic carbocycles. The molecule has 1 aliphatic rings. The first-order chi connectivity index (χ1) is 7.18. The van der Waals surface area contributed by atoms with Crippen molar-refractivity contribution in [2.75, 3.05) is 4.90 Å². The van der Waals surface area contributed by atoms with E-state index in [1.807, 2.05) is 18.2 Å². The van der Waals surface area contributed by atoms with Crippen molar-refractivity contribution in [3.8, 4) is 0 Å². The standard InChI is InChI=1S/C10H8N2O2S.Na/c13-8-6-9(14)12(10(15)11-8)7-4-2-1-3-5-7;/h1-5H,6H2,(H,11,13,15);/q;+1. The van der Waals surface area contributed by atoms with Crippen LogP contribution in [0.4, 0.5) is 5.69 Å². The van der Waals surface area contributed by atoms with Gasteiger partial charge in [0.1, 0.15) is 6.42 Å². The van der Waals surface area contributed by atoms with Crippen molar-refractivity contribution in [2.45, 2.75) is 6.42 Å². The molecule has 6 heteroatoms. The molecule has 0 aliphatic carbocycles. The third kappa shape index (κ3) is 2.68. The minimum Gasteiger partial charge on any atom is -0.302 e. The number of amides is 2. The molecule has 0 aromatic heterocycles. The molecule has 0 bridgehead atoms. The Balaban J connectivity index is 0.00000128. The van der Waals surface area contributed by atoms with Gasteiger partial charge in [-0.15, -0.1) is 0 Å². The summed E-state index contributed by atoms with van der Waals surface area (Å²) in [5.74, 6) is -0.646. The molecule has 1 aliphatic heterocycles. The van der Waals surface area contributed by atoms with E-state index in [4.69, 9.17) is 12.2 Å². The second-order valence-electron chi connectivity index (χ2n) is 3.09. The van der Waals surface area contributed by atoms with Gasteiger partial charge < -0.3 is 5.32 Å². The Labute approximate surface area is 120 Å². The van der Waals surface area contributed by atoms with E-state index >= 15 is 0 Å². The molecule has 0 unspecified atom stereocenters. The Kier molecular flexibility index (Phi) is 4.61. The molecule has 0 spiro atoms. The number of anilines is 1. The van der Waals surface area contributed by atoms with Crippen molar-refractivity contribution in [3.05, 3.63) is 30.3 Å². The molecule has 16 heavy (non-hydrogen) atoms. The zero-order valence-corrected chi connectivity index (χ0v) is 11.6. The van der Waals surface area contributed by atoms with Crippen LogP contribution in [-0.2, 0) is 9.59 Å². The topological polar surface area (TPSA) is 49.4 Å². The summed E-state index contributed by atoms with van der Waals surface area (Å²) in [4.78, 5) is 23.9. The first-order valence-electron chi connectivity index (χ1n) is 4.40. The van der Waals surface area contributed by atoms with Crippen LogP contribution in [-0.4, -0.2) is 16.9 Å².